The summed E-state index contributed by atoms with van der Waals surface area (Å²) in [4.78, 5) is 23.2. The van der Waals surface area contributed by atoms with Crippen LogP contribution < -0.4 is 24.7 Å². The van der Waals surface area contributed by atoms with E-state index in [-0.39, 0.29) is 33.7 Å². The van der Waals surface area contributed by atoms with Crippen molar-refractivity contribution in [2.75, 3.05) is 13.7 Å². The van der Waals surface area contributed by atoms with Crippen LogP contribution in [0.2, 0.25) is 0 Å². The lowest BCUT2D eigenvalue weighted by Crippen LogP contribution is -2.28. The smallest absolute Gasteiger partial charge is 0.235 e. The quantitative estimate of drug-likeness (QED) is 0.667. The third-order valence-corrected chi connectivity index (χ3v) is 3.60. The van der Waals surface area contributed by atoms with Gasteiger partial charge in [-0.25, -0.2) is 0 Å². The normalized spacial score (nSPS) is 10.5. The van der Waals surface area contributed by atoms with Crippen molar-refractivity contribution in [2.24, 2.45) is 0 Å². The minimum absolute atomic E-state index is 0.0640. The second kappa shape index (κ2) is 7.18. The van der Waals surface area contributed by atoms with Gasteiger partial charge < -0.3 is 28.5 Å². The van der Waals surface area contributed by atoms with Crippen molar-refractivity contribution in [3.8, 4) is 23.0 Å². The van der Waals surface area contributed by atoms with E-state index in [1.165, 1.54) is 25.3 Å². The van der Waals surface area contributed by atoms with E-state index in [1.54, 1.807) is 31.2 Å². The molecule has 26 heavy (non-hydrogen) atoms. The number of benzene rings is 2. The highest BCUT2D eigenvalue weighted by Gasteiger charge is 2.15. The number of carbonyl (C=O) groups is 1. The van der Waals surface area contributed by atoms with E-state index in [9.17, 15) is 14.7 Å². The molecule has 1 aromatic heterocycles. The minimum atomic E-state index is -1.34. The Balaban J connectivity index is 1.98. The number of aliphatic carboxylic acids is 1. The summed E-state index contributed by atoms with van der Waals surface area (Å²) in [6, 6.07) is 11.3. The largest absolute Gasteiger partial charge is 0.546 e. The molecule has 3 aromatic rings. The van der Waals surface area contributed by atoms with Crippen LogP contribution in [0.5, 0.6) is 23.0 Å². The van der Waals surface area contributed by atoms with Crippen LogP contribution in [0.3, 0.4) is 0 Å². The number of carbonyl (C=O) groups excluding carboxylic acids is 1. The van der Waals surface area contributed by atoms with Crippen LogP contribution in [0.15, 0.2) is 51.7 Å². The van der Waals surface area contributed by atoms with Gasteiger partial charge in [-0.05, 0) is 31.2 Å². The monoisotopic (exact) mass is 355 g/mol. The number of rotatable bonds is 6. The molecule has 3 rings (SSSR count). The highest BCUT2D eigenvalue weighted by atomic mass is 16.5. The lowest BCUT2D eigenvalue weighted by atomic mass is 10.2. The first-order valence-corrected chi connectivity index (χ1v) is 7.70. The first-order chi connectivity index (χ1) is 12.5. The molecule has 0 aliphatic heterocycles. The molecule has 0 amide bonds. The van der Waals surface area contributed by atoms with Gasteiger partial charge in [0.05, 0.1) is 18.5 Å². The molecule has 0 aliphatic carbocycles. The number of hydrogen-bond donors (Lipinski definition) is 0. The van der Waals surface area contributed by atoms with Gasteiger partial charge in [0, 0.05) is 12.1 Å². The van der Waals surface area contributed by atoms with Crippen molar-refractivity contribution < 1.29 is 28.5 Å². The van der Waals surface area contributed by atoms with Gasteiger partial charge in [-0.1, -0.05) is 6.07 Å². The summed E-state index contributed by atoms with van der Waals surface area (Å²) in [5, 5.41) is 10.8. The van der Waals surface area contributed by atoms with Crippen LogP contribution in [0.1, 0.15) is 5.76 Å². The van der Waals surface area contributed by atoms with Gasteiger partial charge in [-0.15, -0.1) is 0 Å². The summed E-state index contributed by atoms with van der Waals surface area (Å²) < 4.78 is 21.5. The molecule has 0 fully saturated rings. The third kappa shape index (κ3) is 3.61. The van der Waals surface area contributed by atoms with E-state index < -0.39 is 12.6 Å². The molecule has 0 aliphatic rings. The molecule has 0 saturated heterocycles. The Bertz CT molecular complexity index is 1020. The number of carboxylic acid groups (broad SMARTS) is 1. The number of hydrogen-bond acceptors (Lipinski definition) is 7. The highest BCUT2D eigenvalue weighted by Crippen LogP contribution is 2.28. The standard InChI is InChI=1S/C19H16O7/c1-11-19(26-14-5-3-4-12(8-14)23-2)18(22)15-7-6-13(9-16(15)25-11)24-10-17(20)21/h3-9H,10H2,1-2H3,(H,20,21)/p-1. The van der Waals surface area contributed by atoms with Gasteiger partial charge >= 0.3 is 0 Å². The number of aryl methyl sites for hydroxylation is 1. The van der Waals surface area contributed by atoms with Crippen molar-refractivity contribution in [3.05, 3.63) is 58.4 Å². The van der Waals surface area contributed by atoms with Gasteiger partial charge in [-0.3, -0.25) is 4.79 Å². The van der Waals surface area contributed by atoms with Crippen LogP contribution in [0.25, 0.3) is 11.0 Å². The maximum Gasteiger partial charge on any atom is 0.235 e. The van der Waals surface area contributed by atoms with Crippen molar-refractivity contribution >= 4 is 16.9 Å². The molecular weight excluding hydrogens is 340 g/mol. The second-order valence-corrected chi connectivity index (χ2v) is 5.42. The molecule has 0 unspecified atom stereocenters. The maximum atomic E-state index is 12.7. The molecule has 7 heteroatoms. The molecule has 0 spiro atoms. The molecule has 0 atom stereocenters. The first kappa shape index (κ1) is 17.3. The van der Waals surface area contributed by atoms with E-state index in [0.717, 1.165) is 0 Å². The van der Waals surface area contributed by atoms with E-state index in [0.29, 0.717) is 11.5 Å². The molecule has 134 valence electrons. The average Bonchev–Trinajstić information content (AvgIpc) is 2.63. The third-order valence-electron chi connectivity index (χ3n) is 3.60. The fraction of sp³-hybridized carbons (Fsp3) is 0.158. The Morgan fingerprint density at radius 1 is 1.12 bits per heavy atom. The summed E-state index contributed by atoms with van der Waals surface area (Å²) >= 11 is 0. The van der Waals surface area contributed by atoms with Crippen molar-refractivity contribution in [2.45, 2.75) is 6.92 Å². The number of ether oxygens (including phenoxy) is 3. The molecule has 0 bridgehead atoms. The topological polar surface area (TPSA) is 98.0 Å². The fourth-order valence-electron chi connectivity index (χ4n) is 2.40. The number of methoxy groups -OCH3 is 1. The van der Waals surface area contributed by atoms with Gasteiger partial charge in [0.25, 0.3) is 0 Å². The Morgan fingerprint density at radius 3 is 2.62 bits per heavy atom. The highest BCUT2D eigenvalue weighted by molar-refractivity contribution is 5.79. The number of fused-ring (bicyclic) bond motifs is 1. The summed E-state index contributed by atoms with van der Waals surface area (Å²) in [7, 11) is 1.54. The average molecular weight is 355 g/mol. The zero-order chi connectivity index (χ0) is 18.7. The van der Waals surface area contributed by atoms with Crippen LogP contribution in [-0.2, 0) is 4.79 Å². The first-order valence-electron chi connectivity index (χ1n) is 7.70. The van der Waals surface area contributed by atoms with Crippen LogP contribution in [-0.4, -0.2) is 19.7 Å². The molecule has 0 N–H and O–H groups in total. The molecule has 1 heterocycles. The molecule has 0 radical (unpaired) electrons. The SMILES string of the molecule is COc1cccc(Oc2c(C)oc3cc(OCC(=O)[O-])ccc3c2=O)c1. The van der Waals surface area contributed by atoms with Crippen molar-refractivity contribution in [1.82, 2.24) is 0 Å². The maximum absolute atomic E-state index is 12.7. The van der Waals surface area contributed by atoms with Gasteiger partial charge in [0.2, 0.25) is 11.2 Å². The van der Waals surface area contributed by atoms with E-state index in [4.69, 9.17) is 18.6 Å². The molecule has 7 nitrogen and oxygen atoms in total. The van der Waals surface area contributed by atoms with E-state index >= 15 is 0 Å². The van der Waals surface area contributed by atoms with E-state index in [2.05, 4.69) is 0 Å². The Hall–Kier alpha value is -3.48. The van der Waals surface area contributed by atoms with Crippen molar-refractivity contribution in [3.63, 3.8) is 0 Å². The predicted octanol–water partition coefficient (Wildman–Crippen LogP) is 2.03. The summed E-state index contributed by atoms with van der Waals surface area (Å²) in [5.41, 5.74) is -0.0839. The van der Waals surface area contributed by atoms with Gasteiger partial charge in [0.1, 0.15) is 35.2 Å². The Labute approximate surface area is 148 Å². The van der Waals surface area contributed by atoms with Gasteiger partial charge in [-0.2, -0.15) is 0 Å². The summed E-state index contributed by atoms with van der Waals surface area (Å²) in [6.45, 7) is 1.01. The lowest BCUT2D eigenvalue weighted by molar-refractivity contribution is -0.307. The second-order valence-electron chi connectivity index (χ2n) is 5.42. The summed E-state index contributed by atoms with van der Waals surface area (Å²) in [6.07, 6.45) is 0. The van der Waals surface area contributed by atoms with Crippen LogP contribution in [0.4, 0.5) is 0 Å². The van der Waals surface area contributed by atoms with Crippen LogP contribution >= 0.6 is 0 Å². The minimum Gasteiger partial charge on any atom is -0.546 e. The van der Waals surface area contributed by atoms with Gasteiger partial charge in [0.15, 0.2) is 0 Å². The van der Waals surface area contributed by atoms with Crippen molar-refractivity contribution in [1.29, 1.82) is 0 Å². The zero-order valence-corrected chi connectivity index (χ0v) is 14.1. The molecular formula is C19H15O7-. The predicted molar refractivity (Wildman–Crippen MR) is 90.8 cm³/mol. The van der Waals surface area contributed by atoms with Crippen LogP contribution in [0, 0.1) is 6.92 Å². The Morgan fingerprint density at radius 2 is 1.88 bits per heavy atom. The molecule has 0 saturated carbocycles. The van der Waals surface area contributed by atoms with E-state index in [1.807, 2.05) is 0 Å². The summed E-state index contributed by atoms with van der Waals surface area (Å²) in [5.74, 6) is 0.292. The zero-order valence-electron chi connectivity index (χ0n) is 14.1. The Kier molecular flexibility index (Phi) is 4.79. The lowest BCUT2D eigenvalue weighted by Gasteiger charge is -2.11. The fourth-order valence-corrected chi connectivity index (χ4v) is 2.40. The number of carboxylic acids is 1. The molecule has 2 aromatic carbocycles.